The molecule has 1 aromatic carbocycles. The molecule has 0 saturated heterocycles. The summed E-state index contributed by atoms with van der Waals surface area (Å²) in [5.41, 5.74) is 10.1. The van der Waals surface area contributed by atoms with Gasteiger partial charge in [-0.2, -0.15) is 0 Å². The second kappa shape index (κ2) is 7.64. The number of anilines is 1. The van der Waals surface area contributed by atoms with Crippen LogP contribution in [0.25, 0.3) is 6.08 Å². The lowest BCUT2D eigenvalue weighted by atomic mass is 9.93. The molecule has 4 rings (SSSR count). The van der Waals surface area contributed by atoms with E-state index in [0.29, 0.717) is 0 Å². The van der Waals surface area contributed by atoms with E-state index in [0.717, 1.165) is 17.9 Å². The lowest BCUT2D eigenvalue weighted by Crippen LogP contribution is -2.35. The zero-order valence-corrected chi connectivity index (χ0v) is 16.4. The molecule has 2 aromatic heterocycles. The van der Waals surface area contributed by atoms with Gasteiger partial charge < -0.3 is 15.5 Å². The first-order valence-electron chi connectivity index (χ1n) is 9.09. The number of benzene rings is 1. The quantitative estimate of drug-likeness (QED) is 0.715. The Morgan fingerprint density at radius 2 is 1.93 bits per heavy atom. The summed E-state index contributed by atoms with van der Waals surface area (Å²) in [5, 5.41) is 0. The highest BCUT2D eigenvalue weighted by molar-refractivity contribution is 7.13. The number of fused-ring (bicyclic) bond motifs is 1. The van der Waals surface area contributed by atoms with Crippen LogP contribution in [-0.4, -0.2) is 24.0 Å². The molecule has 27 heavy (non-hydrogen) atoms. The Bertz CT molecular complexity index is 918. The molecule has 5 heteroatoms. The van der Waals surface area contributed by atoms with Crippen LogP contribution < -0.4 is 10.6 Å². The van der Waals surface area contributed by atoms with Gasteiger partial charge in [0.05, 0.1) is 17.8 Å². The topological polar surface area (TPSA) is 45.4 Å². The predicted octanol–water partition coefficient (Wildman–Crippen LogP) is 4.44. The van der Waals surface area contributed by atoms with Gasteiger partial charge in [0.2, 0.25) is 0 Å². The molecule has 0 bridgehead atoms. The van der Waals surface area contributed by atoms with Crippen LogP contribution in [0.5, 0.6) is 0 Å². The van der Waals surface area contributed by atoms with Gasteiger partial charge in [-0.1, -0.05) is 24.3 Å². The fourth-order valence-corrected chi connectivity index (χ4v) is 4.78. The minimum atomic E-state index is -0.225. The average Bonchev–Trinajstić information content (AvgIpc) is 3.09. The van der Waals surface area contributed by atoms with E-state index in [9.17, 15) is 0 Å². The first-order valence-corrected chi connectivity index (χ1v) is 9.90. The summed E-state index contributed by atoms with van der Waals surface area (Å²) in [7, 11) is 4.20. The van der Waals surface area contributed by atoms with Crippen molar-refractivity contribution in [2.24, 2.45) is 5.73 Å². The monoisotopic (exact) mass is 376 g/mol. The van der Waals surface area contributed by atoms with Gasteiger partial charge in [0.15, 0.2) is 0 Å². The largest absolute Gasteiger partial charge is 0.338 e. The fourth-order valence-electron chi connectivity index (χ4n) is 3.56. The standard InChI is InChI=1S/C22H24N4S/c1-25(2)15-17-14-18-20(27-17)11-13-26(16-8-4-3-5-9-16)22(18)21(23)19-10-6-7-12-24-19/h3-14,21-22H,15,23H2,1-2H3. The second-order valence-corrected chi connectivity index (χ2v) is 8.22. The van der Waals surface area contributed by atoms with Crippen molar-refractivity contribution >= 4 is 23.1 Å². The van der Waals surface area contributed by atoms with Crippen molar-refractivity contribution in [1.29, 1.82) is 0 Å². The number of pyridine rings is 1. The highest BCUT2D eigenvalue weighted by atomic mass is 32.1. The molecule has 2 N–H and O–H groups in total. The molecule has 0 radical (unpaired) electrons. The highest BCUT2D eigenvalue weighted by Crippen LogP contribution is 2.43. The third-order valence-electron chi connectivity index (χ3n) is 4.74. The zero-order valence-electron chi connectivity index (χ0n) is 15.6. The van der Waals surface area contributed by atoms with Crippen LogP contribution in [0.1, 0.15) is 33.1 Å². The van der Waals surface area contributed by atoms with E-state index in [1.165, 1.54) is 15.3 Å². The Hall–Kier alpha value is -2.47. The average molecular weight is 377 g/mol. The van der Waals surface area contributed by atoms with Crippen molar-refractivity contribution in [2.45, 2.75) is 18.6 Å². The number of hydrogen-bond donors (Lipinski definition) is 1. The van der Waals surface area contributed by atoms with Crippen molar-refractivity contribution in [1.82, 2.24) is 9.88 Å². The van der Waals surface area contributed by atoms with E-state index >= 15 is 0 Å². The molecule has 138 valence electrons. The smallest absolute Gasteiger partial charge is 0.0808 e. The third-order valence-corrected chi connectivity index (χ3v) is 5.84. The van der Waals surface area contributed by atoms with Gasteiger partial charge in [-0.15, -0.1) is 11.3 Å². The maximum absolute atomic E-state index is 6.78. The SMILES string of the molecule is CN(C)Cc1cc2c(s1)C=CN(c1ccccc1)C2C(N)c1ccccn1. The summed E-state index contributed by atoms with van der Waals surface area (Å²) >= 11 is 1.85. The molecule has 3 heterocycles. The van der Waals surface area contributed by atoms with Crippen molar-refractivity contribution < 1.29 is 0 Å². The van der Waals surface area contributed by atoms with Gasteiger partial charge in [0.1, 0.15) is 0 Å². The summed E-state index contributed by atoms with van der Waals surface area (Å²) in [6.45, 7) is 0.933. The van der Waals surface area contributed by atoms with Gasteiger partial charge >= 0.3 is 0 Å². The first-order chi connectivity index (χ1) is 13.1. The Labute approximate surface area is 164 Å². The van der Waals surface area contributed by atoms with E-state index in [4.69, 9.17) is 5.73 Å². The molecule has 1 aliphatic heterocycles. The zero-order chi connectivity index (χ0) is 18.8. The molecule has 2 unspecified atom stereocenters. The number of rotatable bonds is 5. The molecule has 0 fully saturated rings. The minimum absolute atomic E-state index is 0.00876. The van der Waals surface area contributed by atoms with Crippen LogP contribution in [-0.2, 0) is 6.54 Å². The molecule has 0 amide bonds. The fraction of sp³-hybridized carbons (Fsp3) is 0.227. The van der Waals surface area contributed by atoms with Crippen LogP contribution in [0.15, 0.2) is 67.0 Å². The van der Waals surface area contributed by atoms with Crippen molar-refractivity contribution in [3.8, 4) is 0 Å². The number of nitrogens with zero attached hydrogens (tertiary/aromatic N) is 3. The number of para-hydroxylation sites is 1. The summed E-state index contributed by atoms with van der Waals surface area (Å²) in [6.07, 6.45) is 6.17. The summed E-state index contributed by atoms with van der Waals surface area (Å²) < 4.78 is 0. The van der Waals surface area contributed by atoms with E-state index in [-0.39, 0.29) is 12.1 Å². The first kappa shape index (κ1) is 17.9. The van der Waals surface area contributed by atoms with Gasteiger partial charge in [-0.25, -0.2) is 0 Å². The van der Waals surface area contributed by atoms with Crippen molar-refractivity contribution in [3.05, 3.63) is 88.0 Å². The Kier molecular flexibility index (Phi) is 5.07. The number of hydrogen-bond acceptors (Lipinski definition) is 5. The van der Waals surface area contributed by atoms with E-state index in [1.54, 1.807) is 0 Å². The molecule has 0 aliphatic carbocycles. The van der Waals surface area contributed by atoms with E-state index in [1.807, 2.05) is 41.8 Å². The molecule has 2 atom stereocenters. The van der Waals surface area contributed by atoms with Crippen LogP contribution in [0.3, 0.4) is 0 Å². The van der Waals surface area contributed by atoms with Crippen LogP contribution in [0, 0.1) is 0 Å². The van der Waals surface area contributed by atoms with E-state index in [2.05, 4.69) is 71.5 Å². The third kappa shape index (κ3) is 3.67. The summed E-state index contributed by atoms with van der Waals surface area (Å²) in [6, 6.07) is 18.5. The predicted molar refractivity (Wildman–Crippen MR) is 114 cm³/mol. The molecule has 4 nitrogen and oxygen atoms in total. The number of nitrogens with two attached hydrogens (primary N) is 1. The van der Waals surface area contributed by atoms with Gasteiger partial charge in [-0.05, 0) is 56.1 Å². The normalized spacial score (nSPS) is 17.2. The van der Waals surface area contributed by atoms with Gasteiger partial charge in [0.25, 0.3) is 0 Å². The molecular weight excluding hydrogens is 352 g/mol. The Morgan fingerprint density at radius 3 is 2.63 bits per heavy atom. The number of thiophene rings is 1. The lowest BCUT2D eigenvalue weighted by Gasteiger charge is -2.37. The second-order valence-electron chi connectivity index (χ2n) is 7.05. The number of aromatic nitrogens is 1. The van der Waals surface area contributed by atoms with Crippen LogP contribution in [0.4, 0.5) is 5.69 Å². The molecule has 3 aromatic rings. The molecule has 0 saturated carbocycles. The summed E-state index contributed by atoms with van der Waals surface area (Å²) in [5.74, 6) is 0. The Morgan fingerprint density at radius 1 is 1.15 bits per heavy atom. The minimum Gasteiger partial charge on any atom is -0.338 e. The maximum atomic E-state index is 6.78. The molecule has 0 spiro atoms. The van der Waals surface area contributed by atoms with E-state index < -0.39 is 0 Å². The molecular formula is C22H24N4S. The lowest BCUT2D eigenvalue weighted by molar-refractivity contribution is 0.406. The van der Waals surface area contributed by atoms with Gasteiger partial charge in [-0.3, -0.25) is 4.98 Å². The van der Waals surface area contributed by atoms with Crippen LogP contribution >= 0.6 is 11.3 Å². The molecule has 1 aliphatic rings. The highest BCUT2D eigenvalue weighted by Gasteiger charge is 2.33. The summed E-state index contributed by atoms with van der Waals surface area (Å²) in [4.78, 5) is 11.6. The Balaban J connectivity index is 1.78. The van der Waals surface area contributed by atoms with Crippen LogP contribution in [0.2, 0.25) is 0 Å². The van der Waals surface area contributed by atoms with Crippen molar-refractivity contribution in [2.75, 3.05) is 19.0 Å². The van der Waals surface area contributed by atoms with Gasteiger partial charge in [0, 0.05) is 34.4 Å². The van der Waals surface area contributed by atoms with Crippen molar-refractivity contribution in [3.63, 3.8) is 0 Å². The maximum Gasteiger partial charge on any atom is 0.0808 e.